The van der Waals surface area contributed by atoms with E-state index >= 15 is 0 Å². The molecule has 0 unspecified atom stereocenters. The summed E-state index contributed by atoms with van der Waals surface area (Å²) in [5.41, 5.74) is 7.35. The Bertz CT molecular complexity index is 566. The summed E-state index contributed by atoms with van der Waals surface area (Å²) in [4.78, 5) is 0. The molecule has 1 aromatic carbocycles. The van der Waals surface area contributed by atoms with Gasteiger partial charge in [-0.2, -0.15) is 17.0 Å². The van der Waals surface area contributed by atoms with Crippen molar-refractivity contribution >= 4 is 15.9 Å². The van der Waals surface area contributed by atoms with Gasteiger partial charge in [-0.3, -0.25) is 0 Å². The molecule has 2 rings (SSSR count). The van der Waals surface area contributed by atoms with Crippen molar-refractivity contribution in [1.82, 2.24) is 8.61 Å². The molecule has 1 aromatic rings. The van der Waals surface area contributed by atoms with Crippen molar-refractivity contribution in [2.75, 3.05) is 25.4 Å². The van der Waals surface area contributed by atoms with E-state index in [4.69, 9.17) is 5.73 Å². The predicted molar refractivity (Wildman–Crippen MR) is 85.8 cm³/mol. The van der Waals surface area contributed by atoms with Crippen LogP contribution in [0.15, 0.2) is 24.3 Å². The van der Waals surface area contributed by atoms with Gasteiger partial charge in [0.15, 0.2) is 0 Å². The van der Waals surface area contributed by atoms with Crippen LogP contribution < -0.4 is 5.73 Å². The van der Waals surface area contributed by atoms with Crippen LogP contribution in [0.4, 0.5) is 5.69 Å². The first-order chi connectivity index (χ1) is 9.93. The number of piperidine rings is 1. The molecule has 2 N–H and O–H groups in total. The van der Waals surface area contributed by atoms with Crippen LogP contribution in [0.1, 0.15) is 32.3 Å². The lowest BCUT2D eigenvalue weighted by Crippen LogP contribution is -2.46. The van der Waals surface area contributed by atoms with E-state index in [2.05, 4.69) is 6.92 Å². The molecule has 0 bridgehead atoms. The van der Waals surface area contributed by atoms with E-state index in [9.17, 15) is 8.42 Å². The SMILES string of the molecule is CCN(Cc1cccc(N)c1)S(=O)(=O)N1CCC(C)CC1. The minimum Gasteiger partial charge on any atom is -0.399 e. The fourth-order valence-corrected chi connectivity index (χ4v) is 4.27. The molecule has 0 amide bonds. The highest BCUT2D eigenvalue weighted by atomic mass is 32.2. The van der Waals surface area contributed by atoms with Crippen molar-refractivity contribution in [3.8, 4) is 0 Å². The molecule has 1 aliphatic heterocycles. The van der Waals surface area contributed by atoms with Crippen LogP contribution in [0.2, 0.25) is 0 Å². The highest BCUT2D eigenvalue weighted by Crippen LogP contribution is 2.22. The van der Waals surface area contributed by atoms with E-state index in [-0.39, 0.29) is 0 Å². The van der Waals surface area contributed by atoms with E-state index < -0.39 is 10.2 Å². The van der Waals surface area contributed by atoms with Gasteiger partial charge >= 0.3 is 0 Å². The van der Waals surface area contributed by atoms with Gasteiger partial charge in [0.2, 0.25) is 0 Å². The standard InChI is InChI=1S/C15H25N3O2S/c1-3-17(12-14-5-4-6-15(16)11-14)21(19,20)18-9-7-13(2)8-10-18/h4-6,11,13H,3,7-10,12,16H2,1-2H3. The van der Waals surface area contributed by atoms with Gasteiger partial charge in [-0.15, -0.1) is 0 Å². The quantitative estimate of drug-likeness (QED) is 0.847. The van der Waals surface area contributed by atoms with Gasteiger partial charge in [0.1, 0.15) is 0 Å². The number of nitrogen functional groups attached to an aromatic ring is 1. The minimum atomic E-state index is -3.38. The Balaban J connectivity index is 2.12. The Morgan fingerprint density at radius 1 is 1.33 bits per heavy atom. The molecule has 118 valence electrons. The summed E-state index contributed by atoms with van der Waals surface area (Å²) in [7, 11) is -3.38. The monoisotopic (exact) mass is 311 g/mol. The third-order valence-corrected chi connectivity index (χ3v) is 6.12. The van der Waals surface area contributed by atoms with Crippen LogP contribution in [0.25, 0.3) is 0 Å². The molecule has 1 aliphatic rings. The van der Waals surface area contributed by atoms with Crippen molar-refractivity contribution in [2.24, 2.45) is 5.92 Å². The van der Waals surface area contributed by atoms with Gasteiger partial charge < -0.3 is 5.73 Å². The molecule has 1 saturated heterocycles. The molecule has 0 spiro atoms. The highest BCUT2D eigenvalue weighted by Gasteiger charge is 2.31. The van der Waals surface area contributed by atoms with Crippen LogP contribution in [-0.4, -0.2) is 36.7 Å². The van der Waals surface area contributed by atoms with Crippen LogP contribution >= 0.6 is 0 Å². The molecule has 1 heterocycles. The summed E-state index contributed by atoms with van der Waals surface area (Å²) in [5, 5.41) is 0. The smallest absolute Gasteiger partial charge is 0.282 e. The molecule has 21 heavy (non-hydrogen) atoms. The summed E-state index contributed by atoms with van der Waals surface area (Å²) in [5.74, 6) is 0.612. The van der Waals surface area contributed by atoms with Crippen LogP contribution in [-0.2, 0) is 16.8 Å². The number of nitrogens with two attached hydrogens (primary N) is 1. The second kappa shape index (κ2) is 6.77. The first-order valence-electron chi connectivity index (χ1n) is 7.53. The molecule has 0 saturated carbocycles. The molecule has 1 fully saturated rings. The Kier molecular flexibility index (Phi) is 5.24. The second-order valence-electron chi connectivity index (χ2n) is 5.76. The van der Waals surface area contributed by atoms with Crippen molar-refractivity contribution < 1.29 is 8.42 Å². The molecule has 0 radical (unpaired) electrons. The minimum absolute atomic E-state index is 0.371. The average Bonchev–Trinajstić information content (AvgIpc) is 2.45. The van der Waals surface area contributed by atoms with Gasteiger partial charge in [-0.1, -0.05) is 26.0 Å². The Labute approximate surface area is 127 Å². The summed E-state index contributed by atoms with van der Waals surface area (Å²) < 4.78 is 28.6. The third-order valence-electron chi connectivity index (χ3n) is 4.06. The first kappa shape index (κ1) is 16.3. The Morgan fingerprint density at radius 3 is 2.57 bits per heavy atom. The number of anilines is 1. The molecule has 0 aliphatic carbocycles. The summed E-state index contributed by atoms with van der Waals surface area (Å²) in [6.07, 6.45) is 1.88. The van der Waals surface area contributed by atoms with E-state index in [1.165, 1.54) is 4.31 Å². The number of hydrogen-bond acceptors (Lipinski definition) is 3. The molecule has 5 nitrogen and oxygen atoms in total. The zero-order valence-electron chi connectivity index (χ0n) is 12.8. The van der Waals surface area contributed by atoms with Gasteiger partial charge in [-0.05, 0) is 36.5 Å². The topological polar surface area (TPSA) is 66.6 Å². The predicted octanol–water partition coefficient (Wildman–Crippen LogP) is 2.07. The maximum Gasteiger partial charge on any atom is 0.282 e. The van der Waals surface area contributed by atoms with Gasteiger partial charge in [0.25, 0.3) is 10.2 Å². The van der Waals surface area contributed by atoms with Crippen molar-refractivity contribution in [2.45, 2.75) is 33.2 Å². The maximum absolute atomic E-state index is 12.7. The number of benzene rings is 1. The lowest BCUT2D eigenvalue weighted by atomic mass is 10.0. The molecule has 0 aromatic heterocycles. The number of hydrogen-bond donors (Lipinski definition) is 1. The van der Waals surface area contributed by atoms with Gasteiger partial charge in [-0.25, -0.2) is 0 Å². The normalized spacial score (nSPS) is 18.2. The number of nitrogens with zero attached hydrogens (tertiary/aromatic N) is 2. The van der Waals surface area contributed by atoms with E-state index in [1.54, 1.807) is 10.4 Å². The summed E-state index contributed by atoms with van der Waals surface area (Å²) in [6, 6.07) is 7.40. The molecular formula is C15H25N3O2S. The van der Waals surface area contributed by atoms with E-state index in [1.807, 2.05) is 25.1 Å². The fourth-order valence-electron chi connectivity index (χ4n) is 2.63. The zero-order valence-corrected chi connectivity index (χ0v) is 13.6. The molecule has 6 heteroatoms. The van der Waals surface area contributed by atoms with Gasteiger partial charge in [0, 0.05) is 31.9 Å². The van der Waals surface area contributed by atoms with E-state index in [0.29, 0.717) is 37.8 Å². The largest absolute Gasteiger partial charge is 0.399 e. The van der Waals surface area contributed by atoms with Gasteiger partial charge in [0.05, 0.1) is 0 Å². The molecule has 0 atom stereocenters. The maximum atomic E-state index is 12.7. The third kappa shape index (κ3) is 3.96. The number of rotatable bonds is 5. The van der Waals surface area contributed by atoms with Crippen LogP contribution in [0.5, 0.6) is 0 Å². The lowest BCUT2D eigenvalue weighted by molar-refractivity contribution is 0.264. The van der Waals surface area contributed by atoms with Crippen molar-refractivity contribution in [3.05, 3.63) is 29.8 Å². The van der Waals surface area contributed by atoms with Crippen LogP contribution in [0.3, 0.4) is 0 Å². The van der Waals surface area contributed by atoms with E-state index in [0.717, 1.165) is 18.4 Å². The zero-order chi connectivity index (χ0) is 15.5. The average molecular weight is 311 g/mol. The fraction of sp³-hybridized carbons (Fsp3) is 0.600. The van der Waals surface area contributed by atoms with Crippen molar-refractivity contribution in [1.29, 1.82) is 0 Å². The van der Waals surface area contributed by atoms with Crippen LogP contribution in [0, 0.1) is 5.92 Å². The highest BCUT2D eigenvalue weighted by molar-refractivity contribution is 7.86. The van der Waals surface area contributed by atoms with Crippen molar-refractivity contribution in [3.63, 3.8) is 0 Å². The summed E-state index contributed by atoms with van der Waals surface area (Å²) >= 11 is 0. The summed E-state index contributed by atoms with van der Waals surface area (Å²) in [6.45, 7) is 6.12. The second-order valence-corrected chi connectivity index (χ2v) is 7.69. The Morgan fingerprint density at radius 2 is 2.00 bits per heavy atom. The lowest BCUT2D eigenvalue weighted by Gasteiger charge is -2.33. The Hall–Kier alpha value is -1.11. The first-order valence-corrected chi connectivity index (χ1v) is 8.92. The molecular weight excluding hydrogens is 286 g/mol.